The number of carbonyl (C=O) groups is 2. The lowest BCUT2D eigenvalue weighted by Gasteiger charge is -2.23. The van der Waals surface area contributed by atoms with Crippen LogP contribution in [0.1, 0.15) is 18.5 Å². The number of hydrogen-bond acceptors (Lipinski definition) is 5. The molecule has 7 heteroatoms. The fourth-order valence-corrected chi connectivity index (χ4v) is 4.80. The monoisotopic (exact) mass is 358 g/mol. The molecule has 0 saturated carbocycles. The first-order chi connectivity index (χ1) is 12.0. The van der Waals surface area contributed by atoms with Crippen LogP contribution in [-0.4, -0.2) is 34.2 Å². The second-order valence-electron chi connectivity index (χ2n) is 6.47. The number of benzene rings is 1. The van der Waals surface area contributed by atoms with Gasteiger partial charge in [-0.2, -0.15) is 0 Å². The molecule has 0 aliphatic carbocycles. The predicted octanol–water partition coefficient (Wildman–Crippen LogP) is 2.94. The average molecular weight is 358 g/mol. The summed E-state index contributed by atoms with van der Waals surface area (Å²) in [7, 11) is 0. The zero-order chi connectivity index (χ0) is 17.6. The molecule has 25 heavy (non-hydrogen) atoms. The SMILES string of the molecule is Cc1nc(NC(=O)[C@@H]2[C@@H](C(=O)O)[C@@H]3CC[C@H]2O3)sc1-c1ccccc1. The van der Waals surface area contributed by atoms with Crippen LogP contribution in [0.15, 0.2) is 30.3 Å². The van der Waals surface area contributed by atoms with Crippen molar-refractivity contribution in [2.24, 2.45) is 11.8 Å². The van der Waals surface area contributed by atoms with Crippen LogP contribution in [0.2, 0.25) is 0 Å². The van der Waals surface area contributed by atoms with E-state index in [0.29, 0.717) is 11.6 Å². The van der Waals surface area contributed by atoms with Crippen molar-refractivity contribution in [2.75, 3.05) is 5.32 Å². The van der Waals surface area contributed by atoms with E-state index in [-0.39, 0.29) is 18.1 Å². The van der Waals surface area contributed by atoms with E-state index in [1.54, 1.807) is 0 Å². The molecule has 0 spiro atoms. The van der Waals surface area contributed by atoms with Gasteiger partial charge in [0.15, 0.2) is 5.13 Å². The fraction of sp³-hybridized carbons (Fsp3) is 0.389. The lowest BCUT2D eigenvalue weighted by molar-refractivity contribution is -0.147. The zero-order valence-corrected chi connectivity index (χ0v) is 14.5. The number of carboxylic acid groups (broad SMARTS) is 1. The molecule has 3 heterocycles. The highest BCUT2D eigenvalue weighted by atomic mass is 32.1. The van der Waals surface area contributed by atoms with Gasteiger partial charge >= 0.3 is 5.97 Å². The highest BCUT2D eigenvalue weighted by Crippen LogP contribution is 2.44. The second-order valence-corrected chi connectivity index (χ2v) is 7.47. The van der Waals surface area contributed by atoms with Crippen molar-refractivity contribution in [1.82, 2.24) is 4.98 Å². The molecule has 2 N–H and O–H groups in total. The van der Waals surface area contributed by atoms with Gasteiger partial charge in [-0.3, -0.25) is 9.59 Å². The number of ether oxygens (including phenoxy) is 1. The molecule has 2 aliphatic heterocycles. The predicted molar refractivity (Wildman–Crippen MR) is 93.4 cm³/mol. The summed E-state index contributed by atoms with van der Waals surface area (Å²) in [6.45, 7) is 1.90. The van der Waals surface area contributed by atoms with E-state index in [2.05, 4.69) is 10.3 Å². The smallest absolute Gasteiger partial charge is 0.310 e. The van der Waals surface area contributed by atoms with Crippen LogP contribution in [-0.2, 0) is 14.3 Å². The number of amides is 1. The van der Waals surface area contributed by atoms with Crippen LogP contribution >= 0.6 is 11.3 Å². The first-order valence-corrected chi connectivity index (χ1v) is 9.08. The quantitative estimate of drug-likeness (QED) is 0.877. The number of carbonyl (C=O) groups excluding carboxylic acids is 1. The van der Waals surface area contributed by atoms with E-state index in [9.17, 15) is 14.7 Å². The standard InChI is InChI=1S/C18H18N2O4S/c1-9-15(10-5-3-2-4-6-10)25-18(19-9)20-16(21)13-11-7-8-12(24-11)14(13)17(22)23/h2-6,11-14H,7-8H2,1H3,(H,22,23)(H,19,20,21)/t11-,12+,13+,14+/m1/s1. The maximum atomic E-state index is 12.7. The molecule has 2 saturated heterocycles. The van der Waals surface area contributed by atoms with Crippen LogP contribution in [0, 0.1) is 18.8 Å². The maximum absolute atomic E-state index is 12.7. The molecule has 1 amide bonds. The number of nitrogens with zero attached hydrogens (tertiary/aromatic N) is 1. The fourth-order valence-electron chi connectivity index (χ4n) is 3.82. The molecule has 130 valence electrons. The third-order valence-corrected chi connectivity index (χ3v) is 6.05. The number of nitrogens with one attached hydrogen (secondary N) is 1. The van der Waals surface area contributed by atoms with Crippen LogP contribution in [0.5, 0.6) is 0 Å². The summed E-state index contributed by atoms with van der Waals surface area (Å²) in [6.07, 6.45) is 0.787. The topological polar surface area (TPSA) is 88.5 Å². The Morgan fingerprint density at radius 1 is 1.20 bits per heavy atom. The normalized spacial score (nSPS) is 27.4. The largest absolute Gasteiger partial charge is 0.481 e. The van der Waals surface area contributed by atoms with Crippen molar-refractivity contribution < 1.29 is 19.4 Å². The Balaban J connectivity index is 1.55. The van der Waals surface area contributed by atoms with E-state index in [1.807, 2.05) is 37.3 Å². The van der Waals surface area contributed by atoms with Crippen molar-refractivity contribution in [2.45, 2.75) is 32.0 Å². The minimum absolute atomic E-state index is 0.305. The number of aliphatic carboxylic acids is 1. The van der Waals surface area contributed by atoms with E-state index in [1.165, 1.54) is 11.3 Å². The number of hydrogen-bond donors (Lipinski definition) is 2. The van der Waals surface area contributed by atoms with Crippen molar-refractivity contribution >= 4 is 28.3 Å². The summed E-state index contributed by atoms with van der Waals surface area (Å²) < 4.78 is 5.66. The van der Waals surface area contributed by atoms with E-state index < -0.39 is 17.8 Å². The van der Waals surface area contributed by atoms with Gasteiger partial charge in [-0.05, 0) is 25.3 Å². The lowest BCUT2D eigenvalue weighted by Crippen LogP contribution is -2.40. The molecule has 2 fully saturated rings. The van der Waals surface area contributed by atoms with Gasteiger partial charge in [0.25, 0.3) is 0 Å². The number of anilines is 1. The summed E-state index contributed by atoms with van der Waals surface area (Å²) in [5, 5.41) is 12.7. The average Bonchev–Trinajstić information content (AvgIpc) is 3.29. The summed E-state index contributed by atoms with van der Waals surface area (Å²) in [6, 6.07) is 9.85. The summed E-state index contributed by atoms with van der Waals surface area (Å²) in [5.41, 5.74) is 1.88. The van der Waals surface area contributed by atoms with Gasteiger partial charge in [0.05, 0.1) is 34.6 Å². The molecule has 1 aromatic heterocycles. The van der Waals surface area contributed by atoms with Crippen LogP contribution in [0.3, 0.4) is 0 Å². The molecule has 4 rings (SSSR count). The Labute approximate surface area is 148 Å². The summed E-state index contributed by atoms with van der Waals surface area (Å²) in [4.78, 5) is 29.6. The molecular formula is C18H18N2O4S. The highest BCUT2D eigenvalue weighted by Gasteiger charge is 2.55. The van der Waals surface area contributed by atoms with Gasteiger partial charge in [-0.25, -0.2) is 4.98 Å². The van der Waals surface area contributed by atoms with Crippen molar-refractivity contribution in [1.29, 1.82) is 0 Å². The van der Waals surface area contributed by atoms with Gasteiger partial charge < -0.3 is 15.2 Å². The van der Waals surface area contributed by atoms with Gasteiger partial charge in [0, 0.05) is 0 Å². The highest BCUT2D eigenvalue weighted by molar-refractivity contribution is 7.19. The maximum Gasteiger partial charge on any atom is 0.310 e. The second kappa shape index (κ2) is 6.24. The van der Waals surface area contributed by atoms with Crippen LogP contribution < -0.4 is 5.32 Å². The van der Waals surface area contributed by atoms with Crippen LogP contribution in [0.4, 0.5) is 5.13 Å². The van der Waals surface area contributed by atoms with Gasteiger partial charge in [-0.1, -0.05) is 41.7 Å². The zero-order valence-electron chi connectivity index (χ0n) is 13.6. The molecule has 4 atom stereocenters. The minimum atomic E-state index is -0.965. The van der Waals surface area contributed by atoms with E-state index >= 15 is 0 Å². The van der Waals surface area contributed by atoms with Crippen molar-refractivity contribution in [3.63, 3.8) is 0 Å². The Morgan fingerprint density at radius 2 is 1.88 bits per heavy atom. The number of fused-ring (bicyclic) bond motifs is 2. The molecule has 0 radical (unpaired) electrons. The number of aryl methyl sites for hydroxylation is 1. The number of carboxylic acids is 1. The van der Waals surface area contributed by atoms with Gasteiger partial charge in [0.1, 0.15) is 0 Å². The molecule has 6 nitrogen and oxygen atoms in total. The molecule has 2 aromatic rings. The Hall–Kier alpha value is -2.25. The Kier molecular flexibility index (Phi) is 4.05. The third kappa shape index (κ3) is 2.83. The Bertz CT molecular complexity index is 820. The minimum Gasteiger partial charge on any atom is -0.481 e. The summed E-state index contributed by atoms with van der Waals surface area (Å²) in [5.74, 6) is -2.70. The first kappa shape index (κ1) is 16.2. The lowest BCUT2D eigenvalue weighted by atomic mass is 9.79. The molecule has 0 unspecified atom stereocenters. The summed E-state index contributed by atoms with van der Waals surface area (Å²) >= 11 is 1.40. The number of rotatable bonds is 4. The van der Waals surface area contributed by atoms with Crippen LogP contribution in [0.25, 0.3) is 10.4 Å². The molecule has 2 bridgehead atoms. The van der Waals surface area contributed by atoms with E-state index in [4.69, 9.17) is 4.74 Å². The Morgan fingerprint density at radius 3 is 2.56 bits per heavy atom. The third-order valence-electron chi connectivity index (χ3n) is 4.92. The van der Waals surface area contributed by atoms with E-state index in [0.717, 1.165) is 22.6 Å². The van der Waals surface area contributed by atoms with Gasteiger partial charge in [-0.15, -0.1) is 0 Å². The van der Waals surface area contributed by atoms with Crippen molar-refractivity contribution in [3.05, 3.63) is 36.0 Å². The number of thiazole rings is 1. The van der Waals surface area contributed by atoms with Gasteiger partial charge in [0.2, 0.25) is 5.91 Å². The molecular weight excluding hydrogens is 340 g/mol. The molecule has 2 aliphatic rings. The number of aromatic nitrogens is 1. The van der Waals surface area contributed by atoms with Crippen molar-refractivity contribution in [3.8, 4) is 10.4 Å². The molecule has 1 aromatic carbocycles. The first-order valence-electron chi connectivity index (χ1n) is 8.26.